The minimum Gasteiger partial charge on any atom is -0.457 e. The van der Waals surface area contributed by atoms with E-state index in [1.54, 1.807) is 11.8 Å². The number of anilines is 1. The van der Waals surface area contributed by atoms with E-state index in [1.807, 2.05) is 89.8 Å². The highest BCUT2D eigenvalue weighted by molar-refractivity contribution is 8.00. The Labute approximate surface area is 231 Å². The van der Waals surface area contributed by atoms with Gasteiger partial charge < -0.3 is 15.4 Å². The van der Waals surface area contributed by atoms with Crippen LogP contribution in [0.5, 0.6) is 11.5 Å². The van der Waals surface area contributed by atoms with Gasteiger partial charge in [-0.15, -0.1) is 11.8 Å². The van der Waals surface area contributed by atoms with Crippen LogP contribution in [0.25, 0.3) is 22.3 Å². The van der Waals surface area contributed by atoms with Crippen LogP contribution < -0.4 is 10.5 Å². The molecule has 0 saturated carbocycles. The molecular formula is C30H30N6O2S. The number of aromatic nitrogens is 4. The summed E-state index contributed by atoms with van der Waals surface area (Å²) in [6, 6.07) is 27.4. The normalized spacial score (nSPS) is 13.0. The van der Waals surface area contributed by atoms with Crippen molar-refractivity contribution in [3.63, 3.8) is 0 Å². The fraction of sp³-hybridized carbons (Fsp3) is 0.200. The molecule has 0 unspecified atom stereocenters. The second-order valence-corrected chi connectivity index (χ2v) is 10.1. The largest absolute Gasteiger partial charge is 0.457 e. The van der Waals surface area contributed by atoms with Crippen molar-refractivity contribution in [3.8, 4) is 22.8 Å². The van der Waals surface area contributed by atoms with Gasteiger partial charge in [-0.2, -0.15) is 5.10 Å². The zero-order chi connectivity index (χ0) is 26.9. The minimum atomic E-state index is 0.286. The first-order valence-corrected chi connectivity index (χ1v) is 13.9. The second-order valence-electron chi connectivity index (χ2n) is 9.04. The molecule has 1 saturated heterocycles. The summed E-state index contributed by atoms with van der Waals surface area (Å²) in [4.78, 5) is 23.2. The van der Waals surface area contributed by atoms with Gasteiger partial charge in [0, 0.05) is 23.5 Å². The number of piperidine rings is 1. The van der Waals surface area contributed by atoms with Crippen LogP contribution in [0.1, 0.15) is 19.3 Å². The molecule has 8 nitrogen and oxygen atoms in total. The Morgan fingerprint density at radius 1 is 0.872 bits per heavy atom. The molecule has 0 atom stereocenters. The Kier molecular flexibility index (Phi) is 8.70. The molecule has 9 heteroatoms. The van der Waals surface area contributed by atoms with Crippen LogP contribution in [0, 0.1) is 0 Å². The molecule has 1 aliphatic rings. The van der Waals surface area contributed by atoms with Gasteiger partial charge in [-0.05, 0) is 67.8 Å². The molecule has 0 aliphatic carbocycles. The third-order valence-electron chi connectivity index (χ3n) is 6.32. The van der Waals surface area contributed by atoms with Crippen molar-refractivity contribution in [2.24, 2.45) is 0 Å². The molecule has 3 heterocycles. The number of hydrogen-bond donors (Lipinski definition) is 2. The molecule has 6 rings (SSSR count). The number of aromatic amines is 1. The van der Waals surface area contributed by atoms with Crippen LogP contribution in [0.2, 0.25) is 0 Å². The Morgan fingerprint density at radius 3 is 2.26 bits per heavy atom. The molecule has 0 spiro atoms. The fourth-order valence-electron chi connectivity index (χ4n) is 4.30. The Hall–Kier alpha value is -4.37. The number of para-hydroxylation sites is 1. The maximum atomic E-state index is 11.9. The average molecular weight is 539 g/mol. The van der Waals surface area contributed by atoms with E-state index in [0.29, 0.717) is 17.2 Å². The molecule has 0 bridgehead atoms. The van der Waals surface area contributed by atoms with E-state index >= 15 is 0 Å². The molecule has 39 heavy (non-hydrogen) atoms. The number of nitrogens with two attached hydrogens (primary N) is 1. The van der Waals surface area contributed by atoms with Crippen molar-refractivity contribution in [3.05, 3.63) is 91.3 Å². The lowest BCUT2D eigenvalue weighted by molar-refractivity contribution is -0.129. The lowest BCUT2D eigenvalue weighted by atomic mass is 10.1. The van der Waals surface area contributed by atoms with Gasteiger partial charge in [0.2, 0.25) is 5.91 Å². The zero-order valence-electron chi connectivity index (χ0n) is 21.5. The molecule has 0 radical (unpaired) electrons. The van der Waals surface area contributed by atoms with E-state index in [4.69, 9.17) is 10.5 Å². The molecule has 1 amide bonds. The van der Waals surface area contributed by atoms with Crippen LogP contribution in [0.15, 0.2) is 96.2 Å². The van der Waals surface area contributed by atoms with Gasteiger partial charge in [-0.25, -0.2) is 9.97 Å². The highest BCUT2D eigenvalue weighted by Gasteiger charge is 2.16. The molecule has 1 fully saturated rings. The maximum Gasteiger partial charge on any atom is 0.232 e. The number of nitrogens with zero attached hydrogens (tertiary/aromatic N) is 4. The lowest BCUT2D eigenvalue weighted by Crippen LogP contribution is -2.36. The summed E-state index contributed by atoms with van der Waals surface area (Å²) in [5, 5.41) is 7.85. The molecule has 2 aromatic heterocycles. The summed E-state index contributed by atoms with van der Waals surface area (Å²) in [5.41, 5.74) is 8.22. The van der Waals surface area contributed by atoms with Crippen molar-refractivity contribution in [2.45, 2.75) is 24.2 Å². The van der Waals surface area contributed by atoms with E-state index in [-0.39, 0.29) is 5.91 Å². The number of carbonyl (C=O) groups excluding carboxylic acids is 1. The average Bonchev–Trinajstić information content (AvgIpc) is 3.44. The number of likely N-dealkylation sites (tertiary alicyclic amines) is 1. The predicted octanol–water partition coefficient (Wildman–Crippen LogP) is 6.19. The monoisotopic (exact) mass is 538 g/mol. The molecule has 5 aromatic rings. The quantitative estimate of drug-likeness (QED) is 0.248. The number of nitrogen functional groups attached to an aromatic ring is 1. The number of rotatable bonds is 6. The predicted molar refractivity (Wildman–Crippen MR) is 156 cm³/mol. The van der Waals surface area contributed by atoms with Crippen LogP contribution in [0.3, 0.4) is 0 Å². The van der Waals surface area contributed by atoms with Crippen molar-refractivity contribution in [1.82, 2.24) is 25.1 Å². The fourth-order valence-corrected chi connectivity index (χ4v) is 5.12. The highest BCUT2D eigenvalue weighted by atomic mass is 32.2. The van der Waals surface area contributed by atoms with Gasteiger partial charge in [0.05, 0.1) is 16.8 Å². The second kappa shape index (κ2) is 12.9. The Bertz CT molecular complexity index is 1490. The van der Waals surface area contributed by atoms with Crippen LogP contribution in [-0.2, 0) is 4.79 Å². The van der Waals surface area contributed by atoms with Gasteiger partial charge >= 0.3 is 0 Å². The van der Waals surface area contributed by atoms with Gasteiger partial charge in [0.1, 0.15) is 23.6 Å². The highest BCUT2D eigenvalue weighted by Crippen LogP contribution is 2.30. The van der Waals surface area contributed by atoms with Crippen LogP contribution in [0.4, 0.5) is 5.82 Å². The number of carbonyl (C=O) groups is 1. The summed E-state index contributed by atoms with van der Waals surface area (Å²) in [6.07, 6.45) is 5.01. The van der Waals surface area contributed by atoms with E-state index in [0.717, 1.165) is 41.2 Å². The maximum absolute atomic E-state index is 11.9. The lowest BCUT2D eigenvalue weighted by Gasteiger charge is -2.26. The molecule has 3 aromatic carbocycles. The molecule has 198 valence electrons. The van der Waals surface area contributed by atoms with Crippen molar-refractivity contribution >= 4 is 34.5 Å². The summed E-state index contributed by atoms with van der Waals surface area (Å²) in [5.74, 6) is 2.82. The van der Waals surface area contributed by atoms with Gasteiger partial charge in [-0.3, -0.25) is 9.89 Å². The number of amides is 1. The van der Waals surface area contributed by atoms with Gasteiger partial charge in [0.25, 0.3) is 0 Å². The van der Waals surface area contributed by atoms with Crippen LogP contribution in [-0.4, -0.2) is 49.8 Å². The third-order valence-corrected chi connectivity index (χ3v) is 7.31. The van der Waals surface area contributed by atoms with Gasteiger partial charge in [0.15, 0.2) is 5.65 Å². The first-order valence-electron chi connectivity index (χ1n) is 12.9. The number of thioether (sulfide) groups is 1. The van der Waals surface area contributed by atoms with Crippen molar-refractivity contribution < 1.29 is 9.53 Å². The molecular weight excluding hydrogens is 508 g/mol. The van der Waals surface area contributed by atoms with E-state index in [9.17, 15) is 4.79 Å². The summed E-state index contributed by atoms with van der Waals surface area (Å²) < 4.78 is 5.79. The summed E-state index contributed by atoms with van der Waals surface area (Å²) in [7, 11) is 0. The molecule has 3 N–H and O–H groups in total. The molecule has 1 aliphatic heterocycles. The van der Waals surface area contributed by atoms with E-state index < -0.39 is 0 Å². The zero-order valence-corrected chi connectivity index (χ0v) is 22.3. The first-order chi connectivity index (χ1) is 19.2. The number of ether oxygens (including phenoxy) is 1. The van der Waals surface area contributed by atoms with Gasteiger partial charge in [-0.1, -0.05) is 36.4 Å². The smallest absolute Gasteiger partial charge is 0.232 e. The number of nitrogens with one attached hydrogen (secondary N) is 1. The van der Waals surface area contributed by atoms with Crippen molar-refractivity contribution in [1.29, 1.82) is 0 Å². The third kappa shape index (κ3) is 6.94. The number of H-pyrrole nitrogens is 1. The van der Waals surface area contributed by atoms with Crippen LogP contribution >= 0.6 is 11.8 Å². The minimum absolute atomic E-state index is 0.286. The van der Waals surface area contributed by atoms with E-state index in [2.05, 4.69) is 20.2 Å². The Balaban J connectivity index is 0.000000169. The number of fused-ring (bicyclic) bond motifs is 1. The standard InChI is InChI=1S/C17H13N5O.C13H17NOS/c18-16-14-15(21-22-17(14)20-10-19-16)11-6-8-13(9-7-11)23-12-4-2-1-3-5-12;15-13(14-9-5-2-6-10-14)11-16-12-7-3-1-4-8-12/h1-10H,(H3,18,19,20,21,22);1,3-4,7-8H,2,5-6,9-11H2. The SMILES string of the molecule is Nc1ncnc2n[nH]c(-c3ccc(Oc4ccccc4)cc3)c12.O=C(CSc1ccccc1)N1CCCCC1. The van der Waals surface area contributed by atoms with Crippen molar-refractivity contribution in [2.75, 3.05) is 24.6 Å². The van der Waals surface area contributed by atoms with E-state index in [1.165, 1.54) is 30.5 Å². The Morgan fingerprint density at radius 2 is 1.54 bits per heavy atom. The summed E-state index contributed by atoms with van der Waals surface area (Å²) >= 11 is 1.63. The topological polar surface area (TPSA) is 110 Å². The summed E-state index contributed by atoms with van der Waals surface area (Å²) in [6.45, 7) is 1.91. The number of hydrogen-bond acceptors (Lipinski definition) is 7. The number of benzene rings is 3. The first kappa shape index (κ1) is 26.2.